The number of benzene rings is 1. The molecule has 1 aromatic rings. The minimum Gasteiger partial charge on any atom is -0.259 e. The summed E-state index contributed by atoms with van der Waals surface area (Å²) in [5, 5.41) is 20.1. The van der Waals surface area contributed by atoms with Gasteiger partial charge in [0.2, 0.25) is 12.4 Å². The van der Waals surface area contributed by atoms with Crippen molar-refractivity contribution >= 4 is 12.2 Å². The van der Waals surface area contributed by atoms with Gasteiger partial charge in [0.25, 0.3) is 0 Å². The molecule has 0 aliphatic rings. The molecule has 0 aliphatic carbocycles. The third kappa shape index (κ3) is 4.14. The Morgan fingerprint density at radius 3 is 1.38 bits per heavy atom. The van der Waals surface area contributed by atoms with E-state index in [4.69, 9.17) is 0 Å². The van der Waals surface area contributed by atoms with Crippen molar-refractivity contribution in [1.82, 2.24) is 0 Å². The number of hydrogen-bond acceptors (Lipinski definition) is 4. The maximum atomic E-state index is 10.0. The zero-order valence-corrected chi connectivity index (χ0v) is 8.15. The van der Waals surface area contributed by atoms with E-state index in [2.05, 4.69) is 0 Å². The molecule has 0 saturated carbocycles. The first kappa shape index (κ1) is 11.6. The van der Waals surface area contributed by atoms with Crippen molar-refractivity contribution in [1.29, 1.82) is 0 Å². The van der Waals surface area contributed by atoms with E-state index in [9.17, 15) is 20.2 Å². The van der Waals surface area contributed by atoms with Gasteiger partial charge in [-0.1, -0.05) is 24.3 Å². The second-order valence-corrected chi connectivity index (χ2v) is 2.87. The van der Waals surface area contributed by atoms with Crippen LogP contribution in [0.25, 0.3) is 12.2 Å². The highest BCUT2D eigenvalue weighted by molar-refractivity contribution is 5.54. The van der Waals surface area contributed by atoms with E-state index in [1.54, 1.807) is 24.3 Å². The highest BCUT2D eigenvalue weighted by Gasteiger charge is 1.92. The summed E-state index contributed by atoms with van der Waals surface area (Å²) >= 11 is 0. The van der Waals surface area contributed by atoms with Crippen molar-refractivity contribution in [2.75, 3.05) is 0 Å². The molecule has 0 saturated heterocycles. The Hall–Kier alpha value is -2.50. The van der Waals surface area contributed by atoms with Crippen LogP contribution >= 0.6 is 0 Å². The molecule has 6 nitrogen and oxygen atoms in total. The van der Waals surface area contributed by atoms with Crippen LogP contribution in [0, 0.1) is 20.2 Å². The van der Waals surface area contributed by atoms with Crippen molar-refractivity contribution in [3.05, 3.63) is 68.0 Å². The van der Waals surface area contributed by atoms with Gasteiger partial charge in [-0.2, -0.15) is 0 Å². The number of hydrogen-bond donors (Lipinski definition) is 0. The highest BCUT2D eigenvalue weighted by atomic mass is 16.6. The lowest BCUT2D eigenvalue weighted by atomic mass is 10.1. The largest absolute Gasteiger partial charge is 0.259 e. The lowest BCUT2D eigenvalue weighted by Crippen LogP contribution is -1.83. The van der Waals surface area contributed by atoms with Gasteiger partial charge in [0.15, 0.2) is 0 Å². The normalized spacial score (nSPS) is 11.0. The van der Waals surface area contributed by atoms with Gasteiger partial charge >= 0.3 is 0 Å². The molecular formula is C10H8N2O4. The van der Waals surface area contributed by atoms with Gasteiger partial charge in [-0.25, -0.2) is 0 Å². The fraction of sp³-hybridized carbons (Fsp3) is 0. The maximum Gasteiger partial charge on any atom is 0.235 e. The molecule has 82 valence electrons. The van der Waals surface area contributed by atoms with Gasteiger partial charge in [-0.3, -0.25) is 20.2 Å². The number of nitrogens with zero attached hydrogens (tertiary/aromatic N) is 2. The number of rotatable bonds is 4. The Morgan fingerprint density at radius 1 is 0.812 bits per heavy atom. The first-order valence-corrected chi connectivity index (χ1v) is 4.31. The van der Waals surface area contributed by atoms with E-state index in [1.165, 1.54) is 12.2 Å². The second kappa shape index (κ2) is 5.40. The predicted molar refractivity (Wildman–Crippen MR) is 58.5 cm³/mol. The number of nitro groups is 2. The average Bonchev–Trinajstić information content (AvgIpc) is 2.25. The Labute approximate surface area is 90.8 Å². The summed E-state index contributed by atoms with van der Waals surface area (Å²) in [5.41, 5.74) is 1.32. The molecule has 0 aromatic heterocycles. The molecule has 0 atom stereocenters. The summed E-state index contributed by atoms with van der Waals surface area (Å²) < 4.78 is 0. The van der Waals surface area contributed by atoms with Crippen LogP contribution in [0.4, 0.5) is 0 Å². The molecule has 1 aromatic carbocycles. The lowest BCUT2D eigenvalue weighted by Gasteiger charge is -1.93. The predicted octanol–water partition coefficient (Wildman–Crippen LogP) is 2.18. The summed E-state index contributed by atoms with van der Waals surface area (Å²) in [6.45, 7) is 0. The monoisotopic (exact) mass is 220 g/mol. The minimum absolute atomic E-state index is 0.555. The van der Waals surface area contributed by atoms with Crippen LogP contribution in [0.3, 0.4) is 0 Å². The molecule has 0 aliphatic heterocycles. The van der Waals surface area contributed by atoms with Crippen LogP contribution in [0.2, 0.25) is 0 Å². The van der Waals surface area contributed by atoms with Gasteiger partial charge in [-0.05, 0) is 11.1 Å². The Balaban J connectivity index is 2.75. The Kier molecular flexibility index (Phi) is 3.90. The van der Waals surface area contributed by atoms with E-state index in [0.717, 1.165) is 12.4 Å². The standard InChI is InChI=1S/C10H8N2O4/c13-11(14)7-5-9-1-2-10(4-3-9)6-8-12(15)16/h1-8H/b7-5-,8-6+. The molecule has 0 radical (unpaired) electrons. The van der Waals surface area contributed by atoms with E-state index < -0.39 is 9.85 Å². The van der Waals surface area contributed by atoms with Crippen molar-refractivity contribution < 1.29 is 9.85 Å². The quantitative estimate of drug-likeness (QED) is 0.574. The van der Waals surface area contributed by atoms with Crippen molar-refractivity contribution in [2.24, 2.45) is 0 Å². The summed E-state index contributed by atoms with van der Waals surface area (Å²) in [5.74, 6) is 0. The summed E-state index contributed by atoms with van der Waals surface area (Å²) in [6, 6.07) is 6.55. The smallest absolute Gasteiger partial charge is 0.235 e. The van der Waals surface area contributed by atoms with Gasteiger partial charge in [0, 0.05) is 12.2 Å². The first-order chi connectivity index (χ1) is 7.58. The van der Waals surface area contributed by atoms with Crippen LogP contribution in [0.5, 0.6) is 0 Å². The maximum absolute atomic E-state index is 10.0. The summed E-state index contributed by atoms with van der Waals surface area (Å²) in [7, 11) is 0. The fourth-order valence-electron chi connectivity index (χ4n) is 1.01. The molecular weight excluding hydrogens is 212 g/mol. The van der Waals surface area contributed by atoms with Crippen molar-refractivity contribution in [2.45, 2.75) is 0 Å². The van der Waals surface area contributed by atoms with Crippen LogP contribution < -0.4 is 0 Å². The van der Waals surface area contributed by atoms with Gasteiger partial charge < -0.3 is 0 Å². The summed E-state index contributed by atoms with van der Waals surface area (Å²) in [4.78, 5) is 19.0. The van der Waals surface area contributed by atoms with Crippen LogP contribution in [-0.2, 0) is 0 Å². The minimum atomic E-state index is -0.555. The molecule has 1 rings (SSSR count). The highest BCUT2D eigenvalue weighted by Crippen LogP contribution is 2.07. The molecule has 0 N–H and O–H groups in total. The topological polar surface area (TPSA) is 86.3 Å². The van der Waals surface area contributed by atoms with E-state index in [0.29, 0.717) is 11.1 Å². The van der Waals surface area contributed by atoms with E-state index in [1.807, 2.05) is 0 Å². The molecule has 0 fully saturated rings. The van der Waals surface area contributed by atoms with Crippen LogP contribution in [0.1, 0.15) is 11.1 Å². The third-order valence-corrected chi connectivity index (χ3v) is 1.71. The molecule has 0 amide bonds. The Morgan fingerprint density at radius 2 is 1.12 bits per heavy atom. The molecule has 0 unspecified atom stereocenters. The van der Waals surface area contributed by atoms with Gasteiger partial charge in [0.1, 0.15) is 0 Å². The first-order valence-electron chi connectivity index (χ1n) is 4.31. The molecule has 0 bridgehead atoms. The van der Waals surface area contributed by atoms with Gasteiger partial charge in [0.05, 0.1) is 9.85 Å². The van der Waals surface area contributed by atoms with E-state index in [-0.39, 0.29) is 0 Å². The van der Waals surface area contributed by atoms with Crippen molar-refractivity contribution in [3.8, 4) is 0 Å². The Bertz CT molecular complexity index is 405. The molecule has 16 heavy (non-hydrogen) atoms. The molecule has 0 heterocycles. The molecule has 0 spiro atoms. The second-order valence-electron chi connectivity index (χ2n) is 2.87. The van der Waals surface area contributed by atoms with Crippen LogP contribution in [-0.4, -0.2) is 9.85 Å². The zero-order valence-electron chi connectivity index (χ0n) is 8.15. The lowest BCUT2D eigenvalue weighted by molar-refractivity contribution is -0.401. The van der Waals surface area contributed by atoms with Gasteiger partial charge in [-0.15, -0.1) is 0 Å². The summed E-state index contributed by atoms with van der Waals surface area (Å²) in [6.07, 6.45) is 4.37. The zero-order chi connectivity index (χ0) is 12.0. The molecule has 6 heteroatoms. The van der Waals surface area contributed by atoms with Crippen LogP contribution in [0.15, 0.2) is 36.7 Å². The fourth-order valence-corrected chi connectivity index (χ4v) is 1.01. The SMILES string of the molecule is O=[N+]([O-])/C=C\c1ccc(/C=C/[N+](=O)[O-])cc1. The van der Waals surface area contributed by atoms with Crippen molar-refractivity contribution in [3.63, 3.8) is 0 Å². The average molecular weight is 220 g/mol. The van der Waals surface area contributed by atoms with E-state index >= 15 is 0 Å². The third-order valence-electron chi connectivity index (χ3n) is 1.71.